The molecule has 0 saturated heterocycles. The number of rotatable bonds is 7. The van der Waals surface area contributed by atoms with Gasteiger partial charge in [-0.25, -0.2) is 0 Å². The molecular weight excluding hydrogens is 294 g/mol. The average Bonchev–Trinajstić information content (AvgIpc) is 2.91. The summed E-state index contributed by atoms with van der Waals surface area (Å²) in [5.74, 6) is 2.62. The Morgan fingerprint density at radius 1 is 1.40 bits per heavy atom. The molecule has 0 amide bonds. The molecule has 0 atom stereocenters. The molecule has 6 nitrogen and oxygen atoms in total. The number of nitrogens with zero attached hydrogens (tertiary/aromatic N) is 4. The first-order chi connectivity index (χ1) is 9.69. The van der Waals surface area contributed by atoms with Gasteiger partial charge in [-0.3, -0.25) is 0 Å². The van der Waals surface area contributed by atoms with Crippen molar-refractivity contribution in [1.29, 1.82) is 0 Å². The number of nitrogens with one attached hydrogen (secondary N) is 1. The number of hydrogen-bond acceptors (Lipinski definition) is 8. The Kier molecular flexibility index (Phi) is 4.21. The van der Waals surface area contributed by atoms with Crippen LogP contribution in [0.4, 0.5) is 5.13 Å². The molecule has 2 aromatic rings. The average molecular weight is 311 g/mol. The molecule has 1 aliphatic rings. The van der Waals surface area contributed by atoms with Crippen LogP contribution in [0.2, 0.25) is 0 Å². The zero-order chi connectivity index (χ0) is 13.9. The van der Waals surface area contributed by atoms with E-state index in [0.29, 0.717) is 23.6 Å². The van der Waals surface area contributed by atoms with E-state index in [-0.39, 0.29) is 0 Å². The van der Waals surface area contributed by atoms with Crippen molar-refractivity contribution in [3.05, 3.63) is 11.7 Å². The lowest BCUT2D eigenvalue weighted by Gasteiger charge is -1.96. The van der Waals surface area contributed by atoms with Gasteiger partial charge >= 0.3 is 0 Å². The van der Waals surface area contributed by atoms with Gasteiger partial charge in [-0.1, -0.05) is 42.1 Å². The van der Waals surface area contributed by atoms with E-state index in [4.69, 9.17) is 4.52 Å². The summed E-state index contributed by atoms with van der Waals surface area (Å²) in [6, 6.07) is 0.608. The van der Waals surface area contributed by atoms with Crippen molar-refractivity contribution in [2.75, 3.05) is 5.32 Å². The van der Waals surface area contributed by atoms with E-state index in [9.17, 15) is 0 Å². The Bertz CT molecular complexity index is 521. The summed E-state index contributed by atoms with van der Waals surface area (Å²) in [5.41, 5.74) is 0. The lowest BCUT2D eigenvalue weighted by atomic mass is 10.1. The first kappa shape index (κ1) is 13.8. The van der Waals surface area contributed by atoms with Crippen LogP contribution in [0, 0.1) is 5.92 Å². The van der Waals surface area contributed by atoms with Crippen LogP contribution in [-0.2, 0) is 12.2 Å². The second-order valence-corrected chi connectivity index (χ2v) is 7.48. The largest absolute Gasteiger partial charge is 0.357 e. The molecule has 108 valence electrons. The fourth-order valence-corrected chi connectivity index (χ4v) is 3.31. The van der Waals surface area contributed by atoms with E-state index in [2.05, 4.69) is 39.5 Å². The number of aromatic nitrogens is 4. The molecule has 3 rings (SSSR count). The van der Waals surface area contributed by atoms with E-state index in [1.165, 1.54) is 12.8 Å². The van der Waals surface area contributed by atoms with Gasteiger partial charge < -0.3 is 9.84 Å². The maximum absolute atomic E-state index is 5.21. The monoisotopic (exact) mass is 311 g/mol. The van der Waals surface area contributed by atoms with Crippen LogP contribution < -0.4 is 5.32 Å². The zero-order valence-electron chi connectivity index (χ0n) is 11.5. The third-order valence-electron chi connectivity index (χ3n) is 2.73. The van der Waals surface area contributed by atoms with Gasteiger partial charge in [0.2, 0.25) is 11.0 Å². The fraction of sp³-hybridized carbons (Fsp3) is 0.667. The molecule has 1 fully saturated rings. The summed E-state index contributed by atoms with van der Waals surface area (Å²) >= 11 is 3.18. The Hall–Kier alpha value is -1.15. The van der Waals surface area contributed by atoms with E-state index in [0.717, 1.165) is 21.7 Å². The summed E-state index contributed by atoms with van der Waals surface area (Å²) < 4.78 is 6.14. The highest BCUT2D eigenvalue weighted by atomic mass is 32.2. The van der Waals surface area contributed by atoms with Gasteiger partial charge in [-0.05, 0) is 18.8 Å². The molecule has 0 bridgehead atoms. The molecule has 0 aromatic carbocycles. The molecule has 0 radical (unpaired) electrons. The topological polar surface area (TPSA) is 76.7 Å². The summed E-state index contributed by atoms with van der Waals surface area (Å²) in [5, 5.41) is 16.5. The van der Waals surface area contributed by atoms with E-state index in [1.54, 1.807) is 23.1 Å². The molecule has 8 heteroatoms. The normalized spacial score (nSPS) is 14.9. The van der Waals surface area contributed by atoms with Gasteiger partial charge in [0, 0.05) is 12.5 Å². The van der Waals surface area contributed by atoms with Crippen LogP contribution in [0.1, 0.15) is 38.4 Å². The van der Waals surface area contributed by atoms with Crippen LogP contribution in [0.25, 0.3) is 0 Å². The predicted molar refractivity (Wildman–Crippen MR) is 79.0 cm³/mol. The third kappa shape index (κ3) is 3.92. The fourth-order valence-electron chi connectivity index (χ4n) is 1.64. The summed E-state index contributed by atoms with van der Waals surface area (Å²) in [7, 11) is 0. The quantitative estimate of drug-likeness (QED) is 0.788. The SMILES string of the molecule is CC(C)Cc1nc(CSc2nnc(NC3CC3)s2)no1. The van der Waals surface area contributed by atoms with Crippen molar-refractivity contribution >= 4 is 28.2 Å². The van der Waals surface area contributed by atoms with Crippen molar-refractivity contribution in [3.63, 3.8) is 0 Å². The van der Waals surface area contributed by atoms with Gasteiger partial charge in [-0.15, -0.1) is 10.2 Å². The van der Waals surface area contributed by atoms with Gasteiger partial charge in [0.15, 0.2) is 10.2 Å². The molecule has 2 heterocycles. The van der Waals surface area contributed by atoms with Crippen LogP contribution in [0.5, 0.6) is 0 Å². The summed E-state index contributed by atoms with van der Waals surface area (Å²) in [6.45, 7) is 4.27. The Balaban J connectivity index is 1.50. The van der Waals surface area contributed by atoms with Gasteiger partial charge in [0.1, 0.15) is 0 Å². The number of anilines is 1. The van der Waals surface area contributed by atoms with Crippen molar-refractivity contribution in [2.45, 2.75) is 49.2 Å². The minimum atomic E-state index is 0.523. The lowest BCUT2D eigenvalue weighted by molar-refractivity contribution is 0.360. The maximum atomic E-state index is 5.21. The smallest absolute Gasteiger partial charge is 0.226 e. The number of thioether (sulfide) groups is 1. The second-order valence-electron chi connectivity index (χ2n) is 5.28. The highest BCUT2D eigenvalue weighted by Crippen LogP contribution is 2.31. The van der Waals surface area contributed by atoms with Crippen LogP contribution in [0.15, 0.2) is 8.86 Å². The second kappa shape index (κ2) is 6.09. The number of hydrogen-bond donors (Lipinski definition) is 1. The summed E-state index contributed by atoms with van der Waals surface area (Å²) in [6.07, 6.45) is 3.30. The first-order valence-electron chi connectivity index (χ1n) is 6.73. The van der Waals surface area contributed by atoms with Crippen molar-refractivity contribution in [1.82, 2.24) is 20.3 Å². The standard InChI is InChI=1S/C12H17N5OS2/c1-7(2)5-10-14-9(17-18-10)6-19-12-16-15-11(20-12)13-8-3-4-8/h7-8H,3-6H2,1-2H3,(H,13,15). The lowest BCUT2D eigenvalue weighted by Crippen LogP contribution is -1.99. The Morgan fingerprint density at radius 3 is 3.00 bits per heavy atom. The Morgan fingerprint density at radius 2 is 2.25 bits per heavy atom. The molecule has 1 saturated carbocycles. The molecule has 1 N–H and O–H groups in total. The highest BCUT2D eigenvalue weighted by Gasteiger charge is 2.22. The first-order valence-corrected chi connectivity index (χ1v) is 8.53. The highest BCUT2D eigenvalue weighted by molar-refractivity contribution is 8.00. The molecule has 20 heavy (non-hydrogen) atoms. The molecule has 0 unspecified atom stereocenters. The Labute approximate surface area is 125 Å². The molecule has 0 aliphatic heterocycles. The molecule has 1 aliphatic carbocycles. The van der Waals surface area contributed by atoms with Crippen molar-refractivity contribution in [3.8, 4) is 0 Å². The minimum Gasteiger partial charge on any atom is -0.357 e. The molecule has 0 spiro atoms. The zero-order valence-corrected chi connectivity index (χ0v) is 13.1. The van der Waals surface area contributed by atoms with Crippen molar-refractivity contribution in [2.24, 2.45) is 5.92 Å². The maximum Gasteiger partial charge on any atom is 0.226 e. The minimum absolute atomic E-state index is 0.523. The predicted octanol–water partition coefficient (Wildman–Crippen LogP) is 2.99. The van der Waals surface area contributed by atoms with E-state index >= 15 is 0 Å². The van der Waals surface area contributed by atoms with Crippen LogP contribution >= 0.6 is 23.1 Å². The van der Waals surface area contributed by atoms with Crippen molar-refractivity contribution < 1.29 is 4.52 Å². The van der Waals surface area contributed by atoms with Crippen LogP contribution in [-0.4, -0.2) is 26.4 Å². The third-order valence-corrected chi connectivity index (χ3v) is 4.71. The summed E-state index contributed by atoms with van der Waals surface area (Å²) in [4.78, 5) is 4.37. The van der Waals surface area contributed by atoms with Gasteiger partial charge in [0.05, 0.1) is 5.75 Å². The van der Waals surface area contributed by atoms with Crippen LogP contribution in [0.3, 0.4) is 0 Å². The molecule has 2 aromatic heterocycles. The van der Waals surface area contributed by atoms with E-state index < -0.39 is 0 Å². The molecular formula is C12H17N5OS2. The van der Waals surface area contributed by atoms with E-state index in [1.807, 2.05) is 0 Å². The van der Waals surface area contributed by atoms with Gasteiger partial charge in [0.25, 0.3) is 0 Å². The van der Waals surface area contributed by atoms with Gasteiger partial charge in [-0.2, -0.15) is 4.98 Å².